The molecule has 0 heterocycles. The molecule has 1 aliphatic carbocycles. The van der Waals surface area contributed by atoms with E-state index in [9.17, 15) is 9.59 Å². The molecule has 0 saturated heterocycles. The van der Waals surface area contributed by atoms with E-state index in [1.54, 1.807) is 17.0 Å². The van der Waals surface area contributed by atoms with Gasteiger partial charge in [-0.25, -0.2) is 0 Å². The Labute approximate surface area is 201 Å². The van der Waals surface area contributed by atoms with Crippen LogP contribution in [0.3, 0.4) is 0 Å². The lowest BCUT2D eigenvalue weighted by molar-refractivity contribution is -0.141. The van der Waals surface area contributed by atoms with Gasteiger partial charge in [-0.2, -0.15) is 0 Å². The number of carbonyl (C=O) groups is 2. The van der Waals surface area contributed by atoms with Gasteiger partial charge in [0.1, 0.15) is 6.04 Å². The van der Waals surface area contributed by atoms with Crippen LogP contribution in [0, 0.1) is 0 Å². The lowest BCUT2D eigenvalue weighted by atomic mass is 9.94. The summed E-state index contributed by atoms with van der Waals surface area (Å²) in [6.45, 7) is 2.29. The van der Waals surface area contributed by atoms with Crippen molar-refractivity contribution in [3.8, 4) is 0 Å². The molecule has 1 fully saturated rings. The van der Waals surface area contributed by atoms with Crippen LogP contribution >= 0.6 is 23.2 Å². The zero-order valence-corrected chi connectivity index (χ0v) is 20.2. The van der Waals surface area contributed by atoms with E-state index < -0.39 is 6.04 Å². The van der Waals surface area contributed by atoms with Crippen molar-refractivity contribution in [2.75, 3.05) is 0 Å². The molecule has 1 N–H and O–H groups in total. The summed E-state index contributed by atoms with van der Waals surface area (Å²) in [6.07, 6.45) is 7.07. The number of nitrogens with one attached hydrogen (secondary N) is 1. The van der Waals surface area contributed by atoms with Gasteiger partial charge in [-0.3, -0.25) is 9.59 Å². The van der Waals surface area contributed by atoms with Gasteiger partial charge in [-0.1, -0.05) is 85.8 Å². The van der Waals surface area contributed by atoms with Gasteiger partial charge in [0, 0.05) is 25.4 Å². The largest absolute Gasteiger partial charge is 0.352 e. The quantitative estimate of drug-likeness (QED) is 0.471. The summed E-state index contributed by atoms with van der Waals surface area (Å²) in [6, 6.07) is 14.8. The summed E-state index contributed by atoms with van der Waals surface area (Å²) < 4.78 is 0. The van der Waals surface area contributed by atoms with Gasteiger partial charge in [0.05, 0.1) is 10.0 Å². The Balaban J connectivity index is 1.89. The number of rotatable bonds is 9. The Morgan fingerprint density at radius 3 is 2.38 bits per heavy atom. The minimum atomic E-state index is -0.590. The van der Waals surface area contributed by atoms with Crippen molar-refractivity contribution in [3.05, 3.63) is 69.7 Å². The number of amides is 2. The number of carbonyl (C=O) groups excluding carboxylic acids is 2. The molecule has 0 aromatic heterocycles. The van der Waals surface area contributed by atoms with Crippen LogP contribution in [0.25, 0.3) is 0 Å². The molecule has 3 rings (SSSR count). The predicted octanol–water partition coefficient (Wildman–Crippen LogP) is 6.18. The summed E-state index contributed by atoms with van der Waals surface area (Å²) in [5, 5.41) is 4.16. The lowest BCUT2D eigenvalue weighted by Crippen LogP contribution is -2.52. The second-order valence-electron chi connectivity index (χ2n) is 8.57. The molecule has 2 amide bonds. The molecule has 2 aromatic rings. The Bertz CT molecular complexity index is 898. The molecular formula is C26H32Cl2N2O2. The van der Waals surface area contributed by atoms with Crippen molar-refractivity contribution >= 4 is 35.0 Å². The minimum absolute atomic E-state index is 0.0294. The standard InChI is InChI=1S/C26H32Cl2N2O2/c1-2-9-25(31)30(18-20-14-15-22(27)23(28)16-20)24(17-19-10-5-3-6-11-19)26(32)29-21-12-7-4-8-13-21/h3,5-6,10-11,14-16,21,24H,2,4,7-9,12-13,17-18H2,1H3,(H,29,32)/t24-/m0/s1. The lowest BCUT2D eigenvalue weighted by Gasteiger charge is -2.33. The molecule has 1 aliphatic rings. The highest BCUT2D eigenvalue weighted by Gasteiger charge is 2.31. The molecule has 32 heavy (non-hydrogen) atoms. The SMILES string of the molecule is CCCC(=O)N(Cc1ccc(Cl)c(Cl)c1)[C@@H](Cc1ccccc1)C(=O)NC1CCCCC1. The van der Waals surface area contributed by atoms with E-state index >= 15 is 0 Å². The van der Waals surface area contributed by atoms with E-state index in [2.05, 4.69) is 5.32 Å². The maximum Gasteiger partial charge on any atom is 0.243 e. The average Bonchev–Trinajstić information content (AvgIpc) is 2.80. The smallest absolute Gasteiger partial charge is 0.243 e. The first-order valence-corrected chi connectivity index (χ1v) is 12.3. The van der Waals surface area contributed by atoms with Crippen LogP contribution in [-0.4, -0.2) is 28.8 Å². The van der Waals surface area contributed by atoms with Crippen LogP contribution < -0.4 is 5.32 Å². The Morgan fingerprint density at radius 2 is 1.72 bits per heavy atom. The molecule has 1 saturated carbocycles. The molecular weight excluding hydrogens is 443 g/mol. The molecule has 0 bridgehead atoms. The van der Waals surface area contributed by atoms with Crippen molar-refractivity contribution < 1.29 is 9.59 Å². The highest BCUT2D eigenvalue weighted by molar-refractivity contribution is 6.42. The molecule has 2 aromatic carbocycles. The van der Waals surface area contributed by atoms with E-state index in [0.717, 1.165) is 43.2 Å². The molecule has 0 radical (unpaired) electrons. The van der Waals surface area contributed by atoms with Gasteiger partial charge >= 0.3 is 0 Å². The Hall–Kier alpha value is -2.04. The van der Waals surface area contributed by atoms with Gasteiger partial charge in [-0.15, -0.1) is 0 Å². The van der Waals surface area contributed by atoms with E-state index in [4.69, 9.17) is 23.2 Å². The van der Waals surface area contributed by atoms with Crippen LogP contribution in [0.15, 0.2) is 48.5 Å². The summed E-state index contributed by atoms with van der Waals surface area (Å²) in [4.78, 5) is 28.5. The third kappa shape index (κ3) is 6.98. The molecule has 6 heteroatoms. The second-order valence-corrected chi connectivity index (χ2v) is 9.38. The summed E-state index contributed by atoms with van der Waals surface area (Å²) in [5.41, 5.74) is 1.88. The second kappa shape index (κ2) is 12.3. The van der Waals surface area contributed by atoms with E-state index in [0.29, 0.717) is 29.4 Å². The summed E-state index contributed by atoms with van der Waals surface area (Å²) >= 11 is 12.3. The number of halogens is 2. The summed E-state index contributed by atoms with van der Waals surface area (Å²) in [7, 11) is 0. The zero-order valence-electron chi connectivity index (χ0n) is 18.7. The molecule has 4 nitrogen and oxygen atoms in total. The van der Waals surface area contributed by atoms with Gasteiger partial charge < -0.3 is 10.2 Å². The van der Waals surface area contributed by atoms with Crippen LogP contribution in [-0.2, 0) is 22.6 Å². The van der Waals surface area contributed by atoms with E-state index in [1.807, 2.05) is 43.3 Å². The third-order valence-corrected chi connectivity index (χ3v) is 6.76. The molecule has 172 valence electrons. The molecule has 0 spiro atoms. The third-order valence-electron chi connectivity index (χ3n) is 6.02. The normalized spacial score (nSPS) is 15.2. The first kappa shape index (κ1) is 24.6. The number of hydrogen-bond donors (Lipinski definition) is 1. The number of benzene rings is 2. The van der Waals surface area contributed by atoms with Crippen molar-refractivity contribution in [2.45, 2.75) is 76.9 Å². The monoisotopic (exact) mass is 474 g/mol. The van der Waals surface area contributed by atoms with Gasteiger partial charge in [0.25, 0.3) is 0 Å². The average molecular weight is 475 g/mol. The van der Waals surface area contributed by atoms with Gasteiger partial charge in [-0.05, 0) is 42.5 Å². The predicted molar refractivity (Wildman–Crippen MR) is 131 cm³/mol. The maximum atomic E-state index is 13.5. The van der Waals surface area contributed by atoms with Gasteiger partial charge in [0.2, 0.25) is 11.8 Å². The minimum Gasteiger partial charge on any atom is -0.352 e. The first-order chi connectivity index (χ1) is 15.5. The van der Waals surface area contributed by atoms with Crippen molar-refractivity contribution in [2.24, 2.45) is 0 Å². The van der Waals surface area contributed by atoms with Crippen LogP contribution in [0.5, 0.6) is 0 Å². The Morgan fingerprint density at radius 1 is 1.00 bits per heavy atom. The highest BCUT2D eigenvalue weighted by atomic mass is 35.5. The topological polar surface area (TPSA) is 49.4 Å². The first-order valence-electron chi connectivity index (χ1n) is 11.6. The number of nitrogens with zero attached hydrogens (tertiary/aromatic N) is 1. The van der Waals surface area contributed by atoms with E-state index in [1.165, 1.54) is 6.42 Å². The van der Waals surface area contributed by atoms with Crippen molar-refractivity contribution in [1.29, 1.82) is 0 Å². The maximum absolute atomic E-state index is 13.5. The molecule has 0 unspecified atom stereocenters. The summed E-state index contributed by atoms with van der Waals surface area (Å²) in [5.74, 6) is -0.108. The van der Waals surface area contributed by atoms with Crippen LogP contribution in [0.2, 0.25) is 10.0 Å². The van der Waals surface area contributed by atoms with Crippen LogP contribution in [0.1, 0.15) is 63.0 Å². The molecule has 0 aliphatic heterocycles. The highest BCUT2D eigenvalue weighted by Crippen LogP contribution is 2.25. The van der Waals surface area contributed by atoms with Crippen molar-refractivity contribution in [1.82, 2.24) is 10.2 Å². The van der Waals surface area contributed by atoms with Gasteiger partial charge in [0.15, 0.2) is 0 Å². The fourth-order valence-corrected chi connectivity index (χ4v) is 4.61. The fraction of sp³-hybridized carbons (Fsp3) is 0.462. The fourth-order valence-electron chi connectivity index (χ4n) is 4.29. The van der Waals surface area contributed by atoms with Crippen molar-refractivity contribution in [3.63, 3.8) is 0 Å². The van der Waals surface area contributed by atoms with Crippen LogP contribution in [0.4, 0.5) is 0 Å². The Kier molecular flexibility index (Phi) is 9.43. The number of hydrogen-bond acceptors (Lipinski definition) is 2. The van der Waals surface area contributed by atoms with E-state index in [-0.39, 0.29) is 17.9 Å². The molecule has 1 atom stereocenters. The zero-order chi connectivity index (χ0) is 22.9.